The summed E-state index contributed by atoms with van der Waals surface area (Å²) >= 11 is 0. The van der Waals surface area contributed by atoms with Gasteiger partial charge in [-0.2, -0.15) is 0 Å². The molecule has 2 rings (SSSR count). The van der Waals surface area contributed by atoms with E-state index in [1.165, 1.54) is 55.3 Å². The first-order chi connectivity index (χ1) is 10.7. The van der Waals surface area contributed by atoms with Crippen molar-refractivity contribution in [3.63, 3.8) is 0 Å². The summed E-state index contributed by atoms with van der Waals surface area (Å²) in [7, 11) is 0. The van der Waals surface area contributed by atoms with Gasteiger partial charge in [-0.1, -0.05) is 64.2 Å². The minimum atomic E-state index is -0.141. The third-order valence-corrected chi connectivity index (χ3v) is 4.62. The minimum Gasteiger partial charge on any atom is -0.385 e. The van der Waals surface area contributed by atoms with Crippen molar-refractivity contribution in [1.82, 2.24) is 0 Å². The third kappa shape index (κ3) is 4.88. The predicted molar refractivity (Wildman–Crippen MR) is 98.3 cm³/mol. The van der Waals surface area contributed by atoms with Crippen LogP contribution in [0, 0.1) is 0 Å². The van der Waals surface area contributed by atoms with Gasteiger partial charge in [-0.05, 0) is 42.5 Å². The van der Waals surface area contributed by atoms with Crippen molar-refractivity contribution in [1.29, 1.82) is 0 Å². The molecule has 1 aliphatic carbocycles. The highest BCUT2D eigenvalue weighted by Gasteiger charge is 2.25. The highest BCUT2D eigenvalue weighted by molar-refractivity contribution is 5.64. The SMILES string of the molecule is CCCCCNc1ccc2c(c1)C=CC(N)(CCCCC)C2. The lowest BCUT2D eigenvalue weighted by Gasteiger charge is -2.30. The van der Waals surface area contributed by atoms with E-state index in [-0.39, 0.29) is 5.54 Å². The van der Waals surface area contributed by atoms with E-state index in [0.29, 0.717) is 0 Å². The van der Waals surface area contributed by atoms with Crippen molar-refractivity contribution < 1.29 is 0 Å². The molecule has 2 heteroatoms. The van der Waals surface area contributed by atoms with Crippen LogP contribution in [-0.2, 0) is 6.42 Å². The second-order valence-corrected chi connectivity index (χ2v) is 6.75. The van der Waals surface area contributed by atoms with Gasteiger partial charge in [-0.3, -0.25) is 0 Å². The molecule has 1 unspecified atom stereocenters. The fourth-order valence-electron chi connectivity index (χ4n) is 3.17. The average Bonchev–Trinajstić information content (AvgIpc) is 2.52. The molecule has 2 nitrogen and oxygen atoms in total. The Bertz CT molecular complexity index is 492. The highest BCUT2D eigenvalue weighted by atomic mass is 14.9. The Balaban J connectivity index is 1.94. The van der Waals surface area contributed by atoms with Crippen molar-refractivity contribution in [3.05, 3.63) is 35.4 Å². The second-order valence-electron chi connectivity index (χ2n) is 6.75. The van der Waals surface area contributed by atoms with Crippen molar-refractivity contribution in [3.8, 4) is 0 Å². The van der Waals surface area contributed by atoms with Gasteiger partial charge < -0.3 is 11.1 Å². The molecular formula is C20H32N2. The van der Waals surface area contributed by atoms with E-state index < -0.39 is 0 Å². The second kappa shape index (κ2) is 8.38. The number of hydrogen-bond donors (Lipinski definition) is 2. The zero-order chi connectivity index (χ0) is 15.8. The lowest BCUT2D eigenvalue weighted by atomic mass is 9.80. The number of hydrogen-bond acceptors (Lipinski definition) is 2. The summed E-state index contributed by atoms with van der Waals surface area (Å²) in [5.41, 5.74) is 10.4. The monoisotopic (exact) mass is 300 g/mol. The van der Waals surface area contributed by atoms with E-state index >= 15 is 0 Å². The Morgan fingerprint density at radius 1 is 1.09 bits per heavy atom. The maximum absolute atomic E-state index is 6.56. The largest absolute Gasteiger partial charge is 0.385 e. The molecule has 0 aromatic heterocycles. The quantitative estimate of drug-likeness (QED) is 0.620. The van der Waals surface area contributed by atoms with Crippen LogP contribution in [0.15, 0.2) is 24.3 Å². The van der Waals surface area contributed by atoms with Crippen LogP contribution in [0.5, 0.6) is 0 Å². The summed E-state index contributed by atoms with van der Waals surface area (Å²) < 4.78 is 0. The van der Waals surface area contributed by atoms with Gasteiger partial charge in [-0.15, -0.1) is 0 Å². The first-order valence-corrected chi connectivity index (χ1v) is 9.02. The number of nitrogens with two attached hydrogens (primary N) is 1. The molecule has 0 spiro atoms. The van der Waals surface area contributed by atoms with Crippen LogP contribution in [0.4, 0.5) is 5.69 Å². The molecule has 0 aliphatic heterocycles. The van der Waals surface area contributed by atoms with E-state index in [9.17, 15) is 0 Å². The molecule has 0 heterocycles. The maximum Gasteiger partial charge on any atom is 0.0383 e. The molecule has 0 fully saturated rings. The number of anilines is 1. The maximum atomic E-state index is 6.56. The first kappa shape index (κ1) is 17.1. The van der Waals surface area contributed by atoms with Gasteiger partial charge in [-0.25, -0.2) is 0 Å². The summed E-state index contributed by atoms with van der Waals surface area (Å²) in [4.78, 5) is 0. The molecule has 1 aliphatic rings. The van der Waals surface area contributed by atoms with Crippen LogP contribution >= 0.6 is 0 Å². The van der Waals surface area contributed by atoms with E-state index in [4.69, 9.17) is 5.73 Å². The van der Waals surface area contributed by atoms with E-state index in [2.05, 4.69) is 49.5 Å². The minimum absolute atomic E-state index is 0.141. The summed E-state index contributed by atoms with van der Waals surface area (Å²) in [5.74, 6) is 0. The molecule has 3 N–H and O–H groups in total. The standard InChI is InChI=1S/C20H32N2/c1-3-5-7-12-20(21)13-11-17-15-19(10-9-18(17)16-20)22-14-8-6-4-2/h9-11,13,15,22H,3-8,12,14,16,21H2,1-2H3. The van der Waals surface area contributed by atoms with Crippen LogP contribution in [0.3, 0.4) is 0 Å². The summed E-state index contributed by atoms with van der Waals surface area (Å²) in [6.45, 7) is 5.54. The number of nitrogens with one attached hydrogen (secondary N) is 1. The molecule has 0 bridgehead atoms. The van der Waals surface area contributed by atoms with E-state index in [1.54, 1.807) is 0 Å². The van der Waals surface area contributed by atoms with Crippen molar-refractivity contribution in [2.75, 3.05) is 11.9 Å². The Hall–Kier alpha value is -1.28. The molecule has 0 saturated heterocycles. The molecule has 122 valence electrons. The van der Waals surface area contributed by atoms with Gasteiger partial charge in [0.1, 0.15) is 0 Å². The summed E-state index contributed by atoms with van der Waals surface area (Å²) in [5, 5.41) is 3.53. The zero-order valence-electron chi connectivity index (χ0n) is 14.3. The fraction of sp³-hybridized carbons (Fsp3) is 0.600. The average molecular weight is 300 g/mol. The Labute approximate surface area is 136 Å². The normalized spacial score (nSPS) is 20.0. The van der Waals surface area contributed by atoms with Gasteiger partial charge >= 0.3 is 0 Å². The zero-order valence-corrected chi connectivity index (χ0v) is 14.3. The lowest BCUT2D eigenvalue weighted by molar-refractivity contribution is 0.453. The predicted octanol–water partition coefficient (Wildman–Crippen LogP) is 5.14. The molecule has 1 atom stereocenters. The van der Waals surface area contributed by atoms with Crippen LogP contribution in [0.1, 0.15) is 69.9 Å². The Morgan fingerprint density at radius 3 is 2.64 bits per heavy atom. The third-order valence-electron chi connectivity index (χ3n) is 4.62. The van der Waals surface area contributed by atoms with Crippen molar-refractivity contribution in [2.24, 2.45) is 5.73 Å². The Kier molecular flexibility index (Phi) is 6.50. The molecule has 1 aromatic rings. The van der Waals surface area contributed by atoms with Gasteiger partial charge in [0, 0.05) is 17.8 Å². The molecule has 1 aromatic carbocycles. The topological polar surface area (TPSA) is 38.0 Å². The summed E-state index contributed by atoms with van der Waals surface area (Å²) in [6, 6.07) is 6.72. The van der Waals surface area contributed by atoms with Gasteiger partial charge in [0.25, 0.3) is 0 Å². The van der Waals surface area contributed by atoms with Crippen molar-refractivity contribution >= 4 is 11.8 Å². The smallest absolute Gasteiger partial charge is 0.0383 e. The first-order valence-electron chi connectivity index (χ1n) is 9.02. The Morgan fingerprint density at radius 2 is 1.86 bits per heavy atom. The van der Waals surface area contributed by atoms with Gasteiger partial charge in [0.05, 0.1) is 0 Å². The number of rotatable bonds is 9. The number of unbranched alkanes of at least 4 members (excludes halogenated alkanes) is 4. The van der Waals surface area contributed by atoms with Gasteiger partial charge in [0.2, 0.25) is 0 Å². The molecule has 22 heavy (non-hydrogen) atoms. The lowest BCUT2D eigenvalue weighted by Crippen LogP contribution is -2.41. The van der Waals surface area contributed by atoms with Crippen LogP contribution in [-0.4, -0.2) is 12.1 Å². The number of benzene rings is 1. The van der Waals surface area contributed by atoms with E-state index in [0.717, 1.165) is 19.4 Å². The van der Waals surface area contributed by atoms with E-state index in [1.807, 2.05) is 0 Å². The van der Waals surface area contributed by atoms with Crippen LogP contribution in [0.25, 0.3) is 6.08 Å². The van der Waals surface area contributed by atoms with Crippen LogP contribution in [0.2, 0.25) is 0 Å². The number of fused-ring (bicyclic) bond motifs is 1. The molecular weight excluding hydrogens is 268 g/mol. The van der Waals surface area contributed by atoms with Crippen molar-refractivity contribution in [2.45, 2.75) is 70.8 Å². The highest BCUT2D eigenvalue weighted by Crippen LogP contribution is 2.30. The van der Waals surface area contributed by atoms with Crippen LogP contribution < -0.4 is 11.1 Å². The summed E-state index contributed by atoms with van der Waals surface area (Å²) in [6.07, 6.45) is 14.1. The molecule has 0 radical (unpaired) electrons. The molecule has 0 saturated carbocycles. The van der Waals surface area contributed by atoms with Gasteiger partial charge in [0.15, 0.2) is 0 Å². The fourth-order valence-corrected chi connectivity index (χ4v) is 3.17. The molecule has 0 amide bonds.